The van der Waals surface area contributed by atoms with E-state index >= 15 is 0 Å². The van der Waals surface area contributed by atoms with E-state index in [0.717, 1.165) is 0 Å². The highest BCUT2D eigenvalue weighted by atomic mass is 19.3. The topological polar surface area (TPSA) is 0 Å². The second kappa shape index (κ2) is 1.23. The van der Waals surface area contributed by atoms with Gasteiger partial charge in [0.2, 0.25) is 5.92 Å². The van der Waals surface area contributed by atoms with Gasteiger partial charge in [0.15, 0.2) is 0 Å². The van der Waals surface area contributed by atoms with Gasteiger partial charge in [-0.15, -0.1) is 0 Å². The van der Waals surface area contributed by atoms with E-state index in [1.54, 1.807) is 0 Å². The maximum atomic E-state index is 12.0. The van der Waals surface area contributed by atoms with Crippen LogP contribution in [0.4, 0.5) is 8.78 Å². The van der Waals surface area contributed by atoms with Crippen molar-refractivity contribution in [2.24, 2.45) is 5.41 Å². The van der Waals surface area contributed by atoms with Crippen molar-refractivity contribution in [3.8, 4) is 0 Å². The lowest BCUT2D eigenvalue weighted by atomic mass is 9.69. The first-order valence-electron chi connectivity index (χ1n) is 2.79. The first-order valence-corrected chi connectivity index (χ1v) is 2.79. The first kappa shape index (κ1) is 5.99. The molecule has 1 fully saturated rings. The maximum absolute atomic E-state index is 12.0. The molecule has 0 N–H and O–H groups in total. The molecule has 0 amide bonds. The van der Waals surface area contributed by atoms with Crippen molar-refractivity contribution in [2.45, 2.75) is 32.6 Å². The summed E-state index contributed by atoms with van der Waals surface area (Å²) in [6.45, 7) is 3.73. The number of alkyl halides is 2. The van der Waals surface area contributed by atoms with Crippen molar-refractivity contribution in [3.63, 3.8) is 0 Å². The molecule has 0 bridgehead atoms. The fourth-order valence-electron chi connectivity index (χ4n) is 1.35. The number of hydrogen-bond donors (Lipinski definition) is 0. The predicted molar refractivity (Wildman–Crippen MR) is 28.0 cm³/mol. The summed E-state index contributed by atoms with van der Waals surface area (Å²) in [4.78, 5) is 0. The Labute approximate surface area is 47.9 Å². The monoisotopic (exact) mass is 120 g/mol. The van der Waals surface area contributed by atoms with E-state index in [9.17, 15) is 8.78 Å². The van der Waals surface area contributed by atoms with Crippen LogP contribution in [0, 0.1) is 5.41 Å². The van der Waals surface area contributed by atoms with Gasteiger partial charge in [0.1, 0.15) is 0 Å². The zero-order valence-corrected chi connectivity index (χ0v) is 5.17. The molecule has 0 radical (unpaired) electrons. The molecular weight excluding hydrogens is 110 g/mol. The van der Waals surface area contributed by atoms with Crippen LogP contribution in [0.3, 0.4) is 0 Å². The molecular formula is C6H10F2. The third-order valence-corrected chi connectivity index (χ3v) is 1.47. The van der Waals surface area contributed by atoms with Crippen molar-refractivity contribution >= 4 is 0 Å². The lowest BCUT2D eigenvalue weighted by Crippen LogP contribution is -2.41. The molecule has 1 saturated carbocycles. The SMILES string of the molecule is CC1(C)CC(F)(F)C1. The van der Waals surface area contributed by atoms with Crippen LogP contribution < -0.4 is 0 Å². The largest absolute Gasteiger partial charge is 0.249 e. The molecule has 48 valence electrons. The van der Waals surface area contributed by atoms with Crippen molar-refractivity contribution in [1.29, 1.82) is 0 Å². The minimum absolute atomic E-state index is 0.0694. The molecule has 0 aromatic heterocycles. The van der Waals surface area contributed by atoms with Crippen molar-refractivity contribution in [2.75, 3.05) is 0 Å². The fourth-order valence-corrected chi connectivity index (χ4v) is 1.35. The molecule has 1 aliphatic carbocycles. The maximum Gasteiger partial charge on any atom is 0.249 e. The highest BCUT2D eigenvalue weighted by Gasteiger charge is 2.50. The van der Waals surface area contributed by atoms with Gasteiger partial charge in [-0.05, 0) is 5.41 Å². The van der Waals surface area contributed by atoms with E-state index in [1.165, 1.54) is 0 Å². The smallest absolute Gasteiger partial charge is 0.207 e. The Kier molecular flexibility index (Phi) is 0.918. The van der Waals surface area contributed by atoms with E-state index in [4.69, 9.17) is 0 Å². The Morgan fingerprint density at radius 2 is 1.50 bits per heavy atom. The molecule has 0 unspecified atom stereocenters. The summed E-state index contributed by atoms with van der Waals surface area (Å²) in [5.41, 5.74) is -0.0938. The average Bonchev–Trinajstić information content (AvgIpc) is 1.20. The molecule has 0 aliphatic heterocycles. The molecule has 0 heterocycles. The molecule has 0 atom stereocenters. The van der Waals surface area contributed by atoms with Crippen LogP contribution in [0.15, 0.2) is 0 Å². The molecule has 8 heavy (non-hydrogen) atoms. The quantitative estimate of drug-likeness (QED) is 0.460. The van der Waals surface area contributed by atoms with Gasteiger partial charge in [0.25, 0.3) is 0 Å². The number of halogens is 2. The van der Waals surface area contributed by atoms with Gasteiger partial charge in [0, 0.05) is 12.8 Å². The molecule has 2 heteroatoms. The van der Waals surface area contributed by atoms with Gasteiger partial charge >= 0.3 is 0 Å². The van der Waals surface area contributed by atoms with Crippen LogP contribution in [-0.2, 0) is 0 Å². The summed E-state index contributed by atoms with van der Waals surface area (Å²) in [5.74, 6) is -2.34. The standard InChI is InChI=1S/C6H10F2/c1-5(2)3-6(7,8)4-5/h3-4H2,1-2H3. The molecule has 0 nitrogen and oxygen atoms in total. The highest BCUT2D eigenvalue weighted by Crippen LogP contribution is 2.50. The van der Waals surface area contributed by atoms with Gasteiger partial charge in [-0.3, -0.25) is 0 Å². The second-order valence-electron chi connectivity index (χ2n) is 3.37. The van der Waals surface area contributed by atoms with Crippen molar-refractivity contribution in [1.82, 2.24) is 0 Å². The molecule has 0 aromatic carbocycles. The predicted octanol–water partition coefficient (Wildman–Crippen LogP) is 2.44. The van der Waals surface area contributed by atoms with Gasteiger partial charge in [0.05, 0.1) is 0 Å². The van der Waals surface area contributed by atoms with E-state index in [1.807, 2.05) is 13.8 Å². The fraction of sp³-hybridized carbons (Fsp3) is 1.00. The van der Waals surface area contributed by atoms with Crippen LogP contribution >= 0.6 is 0 Å². The van der Waals surface area contributed by atoms with Gasteiger partial charge in [-0.1, -0.05) is 13.8 Å². The van der Waals surface area contributed by atoms with Crippen molar-refractivity contribution < 1.29 is 8.78 Å². The minimum atomic E-state index is -2.34. The van der Waals surface area contributed by atoms with E-state index in [0.29, 0.717) is 0 Å². The lowest BCUT2D eigenvalue weighted by molar-refractivity contribution is -0.146. The summed E-state index contributed by atoms with van der Waals surface area (Å²) >= 11 is 0. The number of rotatable bonds is 0. The third kappa shape index (κ3) is 0.984. The Balaban J connectivity index is 2.42. The third-order valence-electron chi connectivity index (χ3n) is 1.47. The normalized spacial score (nSPS) is 31.5. The Bertz CT molecular complexity index is 83.1. The summed E-state index contributed by atoms with van der Waals surface area (Å²) < 4.78 is 24.1. The summed E-state index contributed by atoms with van der Waals surface area (Å²) in [5, 5.41) is 0. The average molecular weight is 120 g/mol. The lowest BCUT2D eigenvalue weighted by Gasteiger charge is -2.41. The van der Waals surface area contributed by atoms with Crippen LogP contribution in [0.1, 0.15) is 26.7 Å². The summed E-state index contributed by atoms with van der Waals surface area (Å²) in [6, 6.07) is 0. The van der Waals surface area contributed by atoms with Crippen molar-refractivity contribution in [3.05, 3.63) is 0 Å². The first-order chi connectivity index (χ1) is 3.41. The summed E-state index contributed by atoms with van der Waals surface area (Å²) in [7, 11) is 0. The second-order valence-corrected chi connectivity index (χ2v) is 3.37. The Hall–Kier alpha value is -0.140. The van der Waals surface area contributed by atoms with Gasteiger partial charge in [-0.25, -0.2) is 8.78 Å². The Morgan fingerprint density at radius 1 is 1.12 bits per heavy atom. The molecule has 0 saturated heterocycles. The van der Waals surface area contributed by atoms with Gasteiger partial charge in [-0.2, -0.15) is 0 Å². The van der Waals surface area contributed by atoms with Crippen LogP contribution in [-0.4, -0.2) is 5.92 Å². The Morgan fingerprint density at radius 3 is 1.50 bits per heavy atom. The molecule has 1 aliphatic rings. The molecule has 0 spiro atoms. The molecule has 0 aromatic rings. The summed E-state index contributed by atoms with van der Waals surface area (Å²) in [6.07, 6.45) is 0.139. The van der Waals surface area contributed by atoms with Crippen LogP contribution in [0.25, 0.3) is 0 Å². The van der Waals surface area contributed by atoms with Crippen LogP contribution in [0.5, 0.6) is 0 Å². The van der Waals surface area contributed by atoms with Gasteiger partial charge < -0.3 is 0 Å². The highest BCUT2D eigenvalue weighted by molar-refractivity contribution is 4.92. The zero-order chi connectivity index (χ0) is 6.41. The zero-order valence-electron chi connectivity index (χ0n) is 5.17. The minimum Gasteiger partial charge on any atom is -0.207 e. The number of hydrogen-bond acceptors (Lipinski definition) is 0. The van der Waals surface area contributed by atoms with E-state index in [2.05, 4.69) is 0 Å². The molecule has 1 rings (SSSR count). The van der Waals surface area contributed by atoms with Crippen LogP contribution in [0.2, 0.25) is 0 Å². The van der Waals surface area contributed by atoms with E-state index < -0.39 is 5.92 Å². The van der Waals surface area contributed by atoms with E-state index in [-0.39, 0.29) is 18.3 Å².